The van der Waals surface area contributed by atoms with Gasteiger partial charge in [0.05, 0.1) is 0 Å². The molecule has 0 saturated carbocycles. The Morgan fingerprint density at radius 3 is 2.55 bits per heavy atom. The van der Waals surface area contributed by atoms with Gasteiger partial charge in [-0.05, 0) is 24.6 Å². The van der Waals surface area contributed by atoms with E-state index in [-0.39, 0.29) is 17.4 Å². The van der Waals surface area contributed by atoms with E-state index in [9.17, 15) is 4.39 Å². The standard InChI is InChI=1S/C16H15FN2O/c1-10-5-7-11(8-6-10)15(19-18)14-9-12-3-2-4-13(17)16(12)20-14/h2-9,15,19H,18H2,1H3. The van der Waals surface area contributed by atoms with Crippen LogP contribution < -0.4 is 11.3 Å². The van der Waals surface area contributed by atoms with Gasteiger partial charge in [-0.25, -0.2) is 9.82 Å². The lowest BCUT2D eigenvalue weighted by Gasteiger charge is -2.13. The summed E-state index contributed by atoms with van der Waals surface area (Å²) < 4.78 is 19.3. The molecule has 1 aromatic heterocycles. The molecule has 1 unspecified atom stereocenters. The summed E-state index contributed by atoms with van der Waals surface area (Å²) >= 11 is 0. The third kappa shape index (κ3) is 2.19. The van der Waals surface area contributed by atoms with Gasteiger partial charge in [-0.2, -0.15) is 0 Å². The van der Waals surface area contributed by atoms with Crippen LogP contribution in [0.4, 0.5) is 4.39 Å². The van der Waals surface area contributed by atoms with Crippen molar-refractivity contribution in [2.75, 3.05) is 0 Å². The van der Waals surface area contributed by atoms with Crippen LogP contribution in [-0.2, 0) is 0 Å². The molecular formula is C16H15FN2O. The van der Waals surface area contributed by atoms with Crippen LogP contribution in [0.1, 0.15) is 22.9 Å². The molecule has 0 spiro atoms. The molecule has 0 aliphatic rings. The minimum atomic E-state index is -0.367. The molecule has 0 fully saturated rings. The molecule has 20 heavy (non-hydrogen) atoms. The van der Waals surface area contributed by atoms with Crippen LogP contribution in [0, 0.1) is 12.7 Å². The molecule has 1 heterocycles. The number of halogens is 1. The van der Waals surface area contributed by atoms with E-state index in [1.165, 1.54) is 11.6 Å². The first-order chi connectivity index (χ1) is 9.69. The van der Waals surface area contributed by atoms with E-state index in [0.29, 0.717) is 5.76 Å². The summed E-state index contributed by atoms with van der Waals surface area (Å²) in [6.45, 7) is 2.02. The van der Waals surface area contributed by atoms with Crippen molar-refractivity contribution >= 4 is 11.0 Å². The number of fused-ring (bicyclic) bond motifs is 1. The van der Waals surface area contributed by atoms with E-state index in [1.807, 2.05) is 43.3 Å². The van der Waals surface area contributed by atoms with Crippen molar-refractivity contribution in [3.8, 4) is 0 Å². The second-order valence-corrected chi connectivity index (χ2v) is 4.82. The van der Waals surface area contributed by atoms with Crippen LogP contribution in [-0.4, -0.2) is 0 Å². The largest absolute Gasteiger partial charge is 0.456 e. The predicted octanol–water partition coefficient (Wildman–Crippen LogP) is 3.43. The van der Waals surface area contributed by atoms with Crippen molar-refractivity contribution in [3.63, 3.8) is 0 Å². The van der Waals surface area contributed by atoms with Gasteiger partial charge in [0, 0.05) is 5.39 Å². The van der Waals surface area contributed by atoms with Crippen molar-refractivity contribution in [1.82, 2.24) is 5.43 Å². The zero-order valence-electron chi connectivity index (χ0n) is 11.1. The number of nitrogens with one attached hydrogen (secondary N) is 1. The summed E-state index contributed by atoms with van der Waals surface area (Å²) in [5.74, 6) is 5.86. The van der Waals surface area contributed by atoms with Crippen molar-refractivity contribution in [2.45, 2.75) is 13.0 Å². The zero-order valence-corrected chi connectivity index (χ0v) is 11.1. The number of nitrogens with two attached hydrogens (primary N) is 1. The molecule has 3 aromatic rings. The van der Waals surface area contributed by atoms with Crippen LogP contribution >= 0.6 is 0 Å². The van der Waals surface area contributed by atoms with E-state index < -0.39 is 0 Å². The Balaban J connectivity index is 2.07. The Labute approximate surface area is 116 Å². The van der Waals surface area contributed by atoms with Gasteiger partial charge < -0.3 is 4.42 Å². The van der Waals surface area contributed by atoms with Gasteiger partial charge in [0.15, 0.2) is 11.4 Å². The van der Waals surface area contributed by atoms with Crippen molar-refractivity contribution in [1.29, 1.82) is 0 Å². The quantitative estimate of drug-likeness (QED) is 0.566. The molecule has 2 aromatic carbocycles. The number of hydrazine groups is 1. The molecule has 0 aliphatic carbocycles. The van der Waals surface area contributed by atoms with Crippen molar-refractivity contribution in [2.24, 2.45) is 5.84 Å². The number of benzene rings is 2. The Morgan fingerprint density at radius 2 is 1.90 bits per heavy atom. The molecule has 1 atom stereocenters. The van der Waals surface area contributed by atoms with Gasteiger partial charge in [-0.3, -0.25) is 5.84 Å². The van der Waals surface area contributed by atoms with Crippen molar-refractivity contribution < 1.29 is 8.81 Å². The minimum Gasteiger partial charge on any atom is -0.456 e. The Hall–Kier alpha value is -2.17. The van der Waals surface area contributed by atoms with E-state index in [2.05, 4.69) is 5.43 Å². The lowest BCUT2D eigenvalue weighted by molar-refractivity contribution is 0.465. The first-order valence-electron chi connectivity index (χ1n) is 6.39. The van der Waals surface area contributed by atoms with E-state index >= 15 is 0 Å². The molecule has 3 nitrogen and oxygen atoms in total. The highest BCUT2D eigenvalue weighted by Gasteiger charge is 2.18. The molecule has 0 saturated heterocycles. The SMILES string of the molecule is Cc1ccc(C(NN)c2cc3cccc(F)c3o2)cc1. The molecule has 3 rings (SSSR count). The molecule has 3 N–H and O–H groups in total. The smallest absolute Gasteiger partial charge is 0.169 e. The molecule has 102 valence electrons. The Kier molecular flexibility index (Phi) is 3.26. The lowest BCUT2D eigenvalue weighted by atomic mass is 10.0. The van der Waals surface area contributed by atoms with Crippen LogP contribution in [0.25, 0.3) is 11.0 Å². The maximum Gasteiger partial charge on any atom is 0.169 e. The summed E-state index contributed by atoms with van der Waals surface area (Å²) in [5.41, 5.74) is 5.11. The zero-order chi connectivity index (χ0) is 14.1. The molecular weight excluding hydrogens is 255 g/mol. The van der Waals surface area contributed by atoms with E-state index in [1.54, 1.807) is 6.07 Å². The number of hydrogen-bond acceptors (Lipinski definition) is 3. The number of hydrogen-bond donors (Lipinski definition) is 2. The molecule has 4 heteroatoms. The third-order valence-corrected chi connectivity index (χ3v) is 3.38. The summed E-state index contributed by atoms with van der Waals surface area (Å²) in [4.78, 5) is 0. The van der Waals surface area contributed by atoms with Crippen LogP contribution in [0.5, 0.6) is 0 Å². The maximum atomic E-state index is 13.7. The predicted molar refractivity (Wildman–Crippen MR) is 76.5 cm³/mol. The number of furan rings is 1. The van der Waals surface area contributed by atoms with Gasteiger partial charge in [0.1, 0.15) is 11.8 Å². The maximum absolute atomic E-state index is 13.7. The summed E-state index contributed by atoms with van der Waals surface area (Å²) in [6, 6.07) is 14.3. The highest BCUT2D eigenvalue weighted by Crippen LogP contribution is 2.29. The fourth-order valence-corrected chi connectivity index (χ4v) is 2.29. The van der Waals surface area contributed by atoms with Gasteiger partial charge in [0.2, 0.25) is 0 Å². The Morgan fingerprint density at radius 1 is 1.15 bits per heavy atom. The second-order valence-electron chi connectivity index (χ2n) is 4.82. The average Bonchev–Trinajstić information content (AvgIpc) is 2.87. The fraction of sp³-hybridized carbons (Fsp3) is 0.125. The molecule has 0 bridgehead atoms. The molecule has 0 amide bonds. The van der Waals surface area contributed by atoms with Crippen molar-refractivity contribution in [3.05, 3.63) is 71.2 Å². The normalized spacial score (nSPS) is 12.8. The third-order valence-electron chi connectivity index (χ3n) is 3.38. The topological polar surface area (TPSA) is 51.2 Å². The first kappa shape index (κ1) is 12.8. The highest BCUT2D eigenvalue weighted by molar-refractivity contribution is 5.78. The average molecular weight is 270 g/mol. The van der Waals surface area contributed by atoms with E-state index in [4.69, 9.17) is 10.3 Å². The second kappa shape index (κ2) is 5.07. The number of rotatable bonds is 3. The summed E-state index contributed by atoms with van der Waals surface area (Å²) in [6.07, 6.45) is 0. The lowest BCUT2D eigenvalue weighted by Crippen LogP contribution is -2.28. The monoisotopic (exact) mass is 270 g/mol. The number of para-hydroxylation sites is 1. The van der Waals surface area contributed by atoms with Crippen LogP contribution in [0.3, 0.4) is 0 Å². The molecule has 0 aliphatic heterocycles. The van der Waals surface area contributed by atoms with Gasteiger partial charge in [0.25, 0.3) is 0 Å². The van der Waals surface area contributed by atoms with Crippen LogP contribution in [0.2, 0.25) is 0 Å². The van der Waals surface area contributed by atoms with Crippen LogP contribution in [0.15, 0.2) is 52.9 Å². The van der Waals surface area contributed by atoms with Gasteiger partial charge in [-0.15, -0.1) is 0 Å². The highest BCUT2D eigenvalue weighted by atomic mass is 19.1. The Bertz CT molecular complexity index is 734. The first-order valence-corrected chi connectivity index (χ1v) is 6.39. The number of aryl methyl sites for hydroxylation is 1. The fourth-order valence-electron chi connectivity index (χ4n) is 2.29. The van der Waals surface area contributed by atoms with E-state index in [0.717, 1.165) is 10.9 Å². The van der Waals surface area contributed by atoms with Gasteiger partial charge in [-0.1, -0.05) is 42.0 Å². The minimum absolute atomic E-state index is 0.259. The van der Waals surface area contributed by atoms with Gasteiger partial charge >= 0.3 is 0 Å². The summed E-state index contributed by atoms with van der Waals surface area (Å²) in [5, 5.41) is 0.729. The molecule has 0 radical (unpaired) electrons. The summed E-state index contributed by atoms with van der Waals surface area (Å²) in [7, 11) is 0.